The third-order valence-corrected chi connectivity index (χ3v) is 6.82. The number of imide groups is 2. The van der Waals surface area contributed by atoms with Crippen molar-refractivity contribution in [2.45, 2.75) is 23.8 Å². The Balaban J connectivity index is 1.22. The van der Waals surface area contributed by atoms with Crippen molar-refractivity contribution in [2.75, 3.05) is 78.4 Å². The molecule has 1 saturated heterocycles. The van der Waals surface area contributed by atoms with Crippen molar-refractivity contribution >= 4 is 35.4 Å². The second-order valence-electron chi connectivity index (χ2n) is 8.49. The van der Waals surface area contributed by atoms with Crippen LogP contribution in [0.1, 0.15) is 33.6 Å². The molecule has 218 valence electrons. The average molecular weight is 580 g/mol. The molecule has 15 heteroatoms. The number of ether oxygens (including phenoxy) is 5. The van der Waals surface area contributed by atoms with Gasteiger partial charge in [-0.1, -0.05) is 11.2 Å². The van der Waals surface area contributed by atoms with Gasteiger partial charge in [0.15, 0.2) is 0 Å². The average Bonchev–Trinajstić information content (AvgIpc) is 3.20. The number of piperidine rings is 1. The summed E-state index contributed by atoms with van der Waals surface area (Å²) < 4.78 is 27.0. The van der Waals surface area contributed by atoms with E-state index in [1.54, 1.807) is 18.2 Å². The van der Waals surface area contributed by atoms with E-state index in [-0.39, 0.29) is 24.0 Å². The summed E-state index contributed by atoms with van der Waals surface area (Å²) in [7, 11) is 0. The van der Waals surface area contributed by atoms with Crippen LogP contribution in [-0.4, -0.2) is 113 Å². The monoisotopic (exact) mass is 579 g/mol. The predicted octanol–water partition coefficient (Wildman–Crippen LogP) is 1.57. The van der Waals surface area contributed by atoms with Crippen LogP contribution in [0.4, 0.5) is 0 Å². The second-order valence-corrected chi connectivity index (χ2v) is 9.63. The first-order valence-corrected chi connectivity index (χ1v) is 13.9. The summed E-state index contributed by atoms with van der Waals surface area (Å²) in [5.41, 5.74) is 8.68. The molecule has 2 aliphatic rings. The molecular weight excluding hydrogens is 546 g/mol. The Bertz CT molecular complexity index is 1080. The molecule has 1 aromatic rings. The van der Waals surface area contributed by atoms with Crippen LogP contribution < -0.4 is 5.32 Å². The van der Waals surface area contributed by atoms with E-state index in [1.807, 2.05) is 0 Å². The molecule has 1 N–H and O–H groups in total. The highest BCUT2D eigenvalue weighted by Gasteiger charge is 2.45. The van der Waals surface area contributed by atoms with E-state index in [9.17, 15) is 19.2 Å². The maximum absolute atomic E-state index is 13.1. The SMILES string of the molecule is [N-]=[N+]=NCCOCCOCCOCCOCCOCCSc1cccc2c1C(=O)N(C1CCC(=O)NC1=O)C2=O. The molecule has 1 atom stereocenters. The van der Waals surface area contributed by atoms with Crippen molar-refractivity contribution in [2.24, 2.45) is 5.11 Å². The van der Waals surface area contributed by atoms with Gasteiger partial charge in [0.2, 0.25) is 11.8 Å². The van der Waals surface area contributed by atoms with E-state index in [0.717, 1.165) is 4.90 Å². The van der Waals surface area contributed by atoms with E-state index < -0.39 is 29.7 Å². The van der Waals surface area contributed by atoms with Crippen molar-refractivity contribution in [3.8, 4) is 0 Å². The minimum atomic E-state index is -0.988. The molecule has 0 saturated carbocycles. The van der Waals surface area contributed by atoms with Crippen LogP contribution in [0.25, 0.3) is 10.4 Å². The van der Waals surface area contributed by atoms with Gasteiger partial charge in [-0.3, -0.25) is 29.4 Å². The van der Waals surface area contributed by atoms with E-state index in [0.29, 0.717) is 83.3 Å². The Kier molecular flexibility index (Phi) is 13.9. The van der Waals surface area contributed by atoms with E-state index in [1.165, 1.54) is 11.8 Å². The molecule has 2 heterocycles. The molecular formula is C25H33N5O9S. The van der Waals surface area contributed by atoms with Gasteiger partial charge >= 0.3 is 0 Å². The first-order chi connectivity index (χ1) is 19.5. The number of hydrogen-bond acceptors (Lipinski definition) is 11. The number of carbonyl (C=O) groups is 4. The summed E-state index contributed by atoms with van der Waals surface area (Å²) in [5, 5.41) is 5.56. The highest BCUT2D eigenvalue weighted by atomic mass is 32.2. The van der Waals surface area contributed by atoms with Crippen LogP contribution >= 0.6 is 11.8 Å². The molecule has 1 aromatic carbocycles. The van der Waals surface area contributed by atoms with Crippen molar-refractivity contribution in [3.63, 3.8) is 0 Å². The Morgan fingerprint density at radius 3 is 2.08 bits per heavy atom. The third kappa shape index (κ3) is 9.55. The van der Waals surface area contributed by atoms with Crippen molar-refractivity contribution in [1.82, 2.24) is 10.2 Å². The van der Waals surface area contributed by atoms with Crippen molar-refractivity contribution in [1.29, 1.82) is 0 Å². The molecule has 3 rings (SSSR count). The molecule has 14 nitrogen and oxygen atoms in total. The predicted molar refractivity (Wildman–Crippen MR) is 142 cm³/mol. The van der Waals surface area contributed by atoms with E-state index in [2.05, 4.69) is 15.3 Å². The lowest BCUT2D eigenvalue weighted by Crippen LogP contribution is -2.54. The number of carbonyl (C=O) groups excluding carboxylic acids is 4. The first-order valence-electron chi connectivity index (χ1n) is 12.9. The van der Waals surface area contributed by atoms with Gasteiger partial charge in [-0.2, -0.15) is 0 Å². The summed E-state index contributed by atoms with van der Waals surface area (Å²) >= 11 is 1.39. The number of amides is 4. The molecule has 0 bridgehead atoms. The minimum absolute atomic E-state index is 0.0779. The molecule has 4 amide bonds. The zero-order valence-corrected chi connectivity index (χ0v) is 22.9. The summed E-state index contributed by atoms with van der Waals surface area (Å²) in [6.07, 6.45) is 0.197. The van der Waals surface area contributed by atoms with Gasteiger partial charge in [-0.15, -0.1) is 11.8 Å². The summed E-state index contributed by atoms with van der Waals surface area (Å²) in [4.78, 5) is 53.9. The van der Waals surface area contributed by atoms with Gasteiger partial charge in [0.1, 0.15) is 6.04 Å². The molecule has 0 radical (unpaired) electrons. The standard InChI is InChI=1S/C25H33N5O9S/c26-29-27-6-7-35-8-9-36-10-11-37-12-13-38-14-15-39-16-17-40-20-3-1-2-18-22(20)25(34)30(24(18)33)19-4-5-21(31)28-23(19)32/h1-3,19H,4-17H2,(H,28,31,32). The number of nitrogens with zero attached hydrogens (tertiary/aromatic N) is 4. The summed E-state index contributed by atoms with van der Waals surface area (Å²) in [6.45, 7) is 4.51. The Morgan fingerprint density at radius 1 is 0.875 bits per heavy atom. The van der Waals surface area contributed by atoms with E-state index in [4.69, 9.17) is 29.2 Å². The highest BCUT2D eigenvalue weighted by molar-refractivity contribution is 7.99. The van der Waals surface area contributed by atoms with Crippen molar-refractivity contribution in [3.05, 3.63) is 39.8 Å². The number of azide groups is 1. The maximum atomic E-state index is 13.1. The van der Waals surface area contributed by atoms with E-state index >= 15 is 0 Å². The normalized spacial score (nSPS) is 16.7. The molecule has 0 aromatic heterocycles. The van der Waals surface area contributed by atoms with Crippen LogP contribution in [0, 0.1) is 0 Å². The molecule has 1 unspecified atom stereocenters. The van der Waals surface area contributed by atoms with Gasteiger partial charge in [-0.05, 0) is 24.1 Å². The minimum Gasteiger partial charge on any atom is -0.379 e. The topological polar surface area (TPSA) is 178 Å². The number of nitrogens with one attached hydrogen (secondary N) is 1. The number of rotatable bonds is 20. The van der Waals surface area contributed by atoms with Crippen molar-refractivity contribution < 1.29 is 42.9 Å². The second kappa shape index (κ2) is 17.6. The zero-order chi connectivity index (χ0) is 28.6. The molecule has 1 fully saturated rings. The lowest BCUT2D eigenvalue weighted by atomic mass is 10.0. The molecule has 0 aliphatic carbocycles. The fourth-order valence-corrected chi connectivity index (χ4v) is 4.88. The smallest absolute Gasteiger partial charge is 0.263 e. The lowest BCUT2D eigenvalue weighted by molar-refractivity contribution is -0.136. The fraction of sp³-hybridized carbons (Fsp3) is 0.600. The zero-order valence-electron chi connectivity index (χ0n) is 22.1. The van der Waals surface area contributed by atoms with Gasteiger partial charge in [0, 0.05) is 28.5 Å². The number of thioether (sulfide) groups is 1. The number of hydrogen-bond donors (Lipinski definition) is 1. The van der Waals surface area contributed by atoms with Crippen LogP contribution in [-0.2, 0) is 33.3 Å². The first kappa shape index (κ1) is 31.5. The van der Waals surface area contributed by atoms with Crippen LogP contribution in [0.3, 0.4) is 0 Å². The third-order valence-electron chi connectivity index (χ3n) is 5.80. The molecule has 0 spiro atoms. The highest BCUT2D eigenvalue weighted by Crippen LogP contribution is 2.34. The van der Waals surface area contributed by atoms with Crippen LogP contribution in [0.2, 0.25) is 0 Å². The van der Waals surface area contributed by atoms with Gasteiger partial charge in [-0.25, -0.2) is 0 Å². The molecule has 40 heavy (non-hydrogen) atoms. The number of fused-ring (bicyclic) bond motifs is 1. The van der Waals surface area contributed by atoms with Gasteiger partial charge in [0.05, 0.1) is 77.2 Å². The maximum Gasteiger partial charge on any atom is 0.263 e. The fourth-order valence-electron chi connectivity index (χ4n) is 3.95. The largest absolute Gasteiger partial charge is 0.379 e. The quantitative estimate of drug-likeness (QED) is 0.0595. The lowest BCUT2D eigenvalue weighted by Gasteiger charge is -2.27. The summed E-state index contributed by atoms with van der Waals surface area (Å²) in [6, 6.07) is 4.05. The number of benzene rings is 1. The van der Waals surface area contributed by atoms with Crippen LogP contribution in [0.5, 0.6) is 0 Å². The molecule has 2 aliphatic heterocycles. The summed E-state index contributed by atoms with van der Waals surface area (Å²) in [5.74, 6) is -1.53. The van der Waals surface area contributed by atoms with Crippen LogP contribution in [0.15, 0.2) is 28.2 Å². The van der Waals surface area contributed by atoms with Gasteiger partial charge < -0.3 is 23.7 Å². The van der Waals surface area contributed by atoms with Gasteiger partial charge in [0.25, 0.3) is 11.8 Å². The Hall–Kier alpha value is -3.04. The Morgan fingerprint density at radius 2 is 1.48 bits per heavy atom. The Labute approximate surface area is 235 Å².